The summed E-state index contributed by atoms with van der Waals surface area (Å²) in [4.78, 5) is 24.6. The first-order valence-corrected chi connectivity index (χ1v) is 8.67. The van der Waals surface area contributed by atoms with Crippen molar-refractivity contribution in [3.8, 4) is 11.3 Å². The third kappa shape index (κ3) is 3.75. The molecule has 8 heteroatoms. The van der Waals surface area contributed by atoms with Crippen LogP contribution in [0.2, 0.25) is 0 Å². The number of nitro groups is 1. The molecule has 1 aliphatic rings. The summed E-state index contributed by atoms with van der Waals surface area (Å²) in [7, 11) is 2.04. The number of esters is 1. The summed E-state index contributed by atoms with van der Waals surface area (Å²) in [6.45, 7) is 4.22. The summed E-state index contributed by atoms with van der Waals surface area (Å²) in [5, 5.41) is 15.8. The molecule has 2 heterocycles. The van der Waals surface area contributed by atoms with Gasteiger partial charge in [-0.05, 0) is 14.0 Å². The molecule has 0 spiro atoms. The monoisotopic (exact) mass is 358 g/mol. The van der Waals surface area contributed by atoms with Gasteiger partial charge in [0.25, 0.3) is 5.69 Å². The maximum Gasteiger partial charge on any atom is 0.307 e. The van der Waals surface area contributed by atoms with Gasteiger partial charge in [0, 0.05) is 48.5 Å². The quantitative estimate of drug-likeness (QED) is 0.447. The number of benzene rings is 1. The first-order chi connectivity index (χ1) is 12.5. The van der Waals surface area contributed by atoms with E-state index >= 15 is 0 Å². The van der Waals surface area contributed by atoms with Crippen LogP contribution in [-0.2, 0) is 29.0 Å². The third-order valence-electron chi connectivity index (χ3n) is 4.49. The largest absolute Gasteiger partial charge is 0.466 e. The number of non-ortho nitro benzene ring substituents is 1. The van der Waals surface area contributed by atoms with Crippen molar-refractivity contribution in [1.82, 2.24) is 14.7 Å². The standard InChI is InChI=1S/C18H22N4O4/c1-3-26-17(23)8-10-21-16-7-9-20(2)12-15(16)18(19-21)13-5-4-6-14(11-13)22(24)25/h4-6,11H,3,7-10,12H2,1-2H3. The average Bonchev–Trinajstić information content (AvgIpc) is 2.98. The fourth-order valence-corrected chi connectivity index (χ4v) is 3.24. The van der Waals surface area contributed by atoms with Gasteiger partial charge in [0.05, 0.1) is 30.2 Å². The van der Waals surface area contributed by atoms with Gasteiger partial charge in [0.1, 0.15) is 0 Å². The summed E-state index contributed by atoms with van der Waals surface area (Å²) in [5.74, 6) is -0.249. The SMILES string of the molecule is CCOC(=O)CCn1nc(-c2cccc([N+](=O)[O-])c2)c2c1CCN(C)C2. The van der Waals surface area contributed by atoms with Crippen LogP contribution < -0.4 is 0 Å². The lowest BCUT2D eigenvalue weighted by Gasteiger charge is -2.23. The molecule has 8 nitrogen and oxygen atoms in total. The van der Waals surface area contributed by atoms with Gasteiger partial charge in [0.2, 0.25) is 0 Å². The van der Waals surface area contributed by atoms with E-state index in [-0.39, 0.29) is 18.1 Å². The molecule has 0 saturated heterocycles. The molecule has 3 rings (SSSR count). The highest BCUT2D eigenvalue weighted by Gasteiger charge is 2.25. The Morgan fingerprint density at radius 1 is 1.42 bits per heavy atom. The molecule has 0 atom stereocenters. The molecule has 0 fully saturated rings. The smallest absolute Gasteiger partial charge is 0.307 e. The lowest BCUT2D eigenvalue weighted by Crippen LogP contribution is -2.27. The van der Waals surface area contributed by atoms with Crippen molar-refractivity contribution in [3.05, 3.63) is 45.6 Å². The highest BCUT2D eigenvalue weighted by molar-refractivity contribution is 5.69. The molecule has 0 N–H and O–H groups in total. The minimum absolute atomic E-state index is 0.0430. The lowest BCUT2D eigenvalue weighted by molar-refractivity contribution is -0.384. The van der Waals surface area contributed by atoms with Crippen molar-refractivity contribution in [2.45, 2.75) is 32.9 Å². The Bertz CT molecular complexity index is 831. The summed E-state index contributed by atoms with van der Waals surface area (Å²) in [6, 6.07) is 6.52. The van der Waals surface area contributed by atoms with Crippen LogP contribution in [0.1, 0.15) is 24.6 Å². The molecule has 0 radical (unpaired) electrons. The molecular weight excluding hydrogens is 336 g/mol. The van der Waals surface area contributed by atoms with Gasteiger partial charge in [-0.3, -0.25) is 19.6 Å². The maximum absolute atomic E-state index is 11.7. The molecular formula is C18H22N4O4. The van der Waals surface area contributed by atoms with E-state index < -0.39 is 4.92 Å². The predicted octanol–water partition coefficient (Wildman–Crippen LogP) is 2.40. The molecule has 0 aliphatic carbocycles. The van der Waals surface area contributed by atoms with Gasteiger partial charge in [0.15, 0.2) is 0 Å². The number of nitrogens with zero attached hydrogens (tertiary/aromatic N) is 4. The van der Waals surface area contributed by atoms with E-state index in [0.29, 0.717) is 13.2 Å². The van der Waals surface area contributed by atoms with Crippen molar-refractivity contribution in [2.24, 2.45) is 0 Å². The number of ether oxygens (including phenoxy) is 1. The molecule has 138 valence electrons. The van der Waals surface area contributed by atoms with Crippen LogP contribution in [0.4, 0.5) is 5.69 Å². The molecule has 26 heavy (non-hydrogen) atoms. The van der Waals surface area contributed by atoms with E-state index in [4.69, 9.17) is 4.74 Å². The van der Waals surface area contributed by atoms with Gasteiger partial charge < -0.3 is 9.64 Å². The van der Waals surface area contributed by atoms with Crippen molar-refractivity contribution in [2.75, 3.05) is 20.2 Å². The van der Waals surface area contributed by atoms with Crippen LogP contribution in [0.25, 0.3) is 11.3 Å². The fraction of sp³-hybridized carbons (Fsp3) is 0.444. The summed E-state index contributed by atoms with van der Waals surface area (Å²) in [5.41, 5.74) is 3.68. The maximum atomic E-state index is 11.7. The second-order valence-electron chi connectivity index (χ2n) is 6.35. The van der Waals surface area contributed by atoms with Crippen LogP contribution in [0, 0.1) is 10.1 Å². The van der Waals surface area contributed by atoms with Crippen molar-refractivity contribution in [3.63, 3.8) is 0 Å². The lowest BCUT2D eigenvalue weighted by atomic mass is 10.0. The number of carbonyl (C=O) groups excluding carboxylic acids is 1. The Kier molecular flexibility index (Phi) is 5.32. The second-order valence-corrected chi connectivity index (χ2v) is 6.35. The van der Waals surface area contributed by atoms with E-state index in [0.717, 1.165) is 42.0 Å². The van der Waals surface area contributed by atoms with E-state index in [1.165, 1.54) is 6.07 Å². The Morgan fingerprint density at radius 2 is 2.23 bits per heavy atom. The molecule has 1 aromatic carbocycles. The second kappa shape index (κ2) is 7.65. The van der Waals surface area contributed by atoms with Crippen LogP contribution in [0.5, 0.6) is 0 Å². The summed E-state index contributed by atoms with van der Waals surface area (Å²) < 4.78 is 6.85. The normalized spacial score (nSPS) is 14.1. The predicted molar refractivity (Wildman–Crippen MR) is 95.6 cm³/mol. The number of aryl methyl sites for hydroxylation is 1. The minimum Gasteiger partial charge on any atom is -0.466 e. The molecule has 0 saturated carbocycles. The van der Waals surface area contributed by atoms with Crippen molar-refractivity contribution in [1.29, 1.82) is 0 Å². The molecule has 2 aromatic rings. The zero-order chi connectivity index (χ0) is 18.7. The van der Waals surface area contributed by atoms with Crippen molar-refractivity contribution < 1.29 is 14.5 Å². The topological polar surface area (TPSA) is 90.5 Å². The summed E-state index contributed by atoms with van der Waals surface area (Å²) in [6.07, 6.45) is 1.09. The van der Waals surface area contributed by atoms with Crippen LogP contribution in [0.3, 0.4) is 0 Å². The first kappa shape index (κ1) is 18.1. The number of carbonyl (C=O) groups is 1. The first-order valence-electron chi connectivity index (χ1n) is 8.67. The number of aromatic nitrogens is 2. The van der Waals surface area contributed by atoms with Crippen LogP contribution >= 0.6 is 0 Å². The Labute approximate surface area is 151 Å². The average molecular weight is 358 g/mol. The van der Waals surface area contributed by atoms with E-state index in [9.17, 15) is 14.9 Å². The van der Waals surface area contributed by atoms with Gasteiger partial charge in [-0.1, -0.05) is 12.1 Å². The number of likely N-dealkylation sites (N-methyl/N-ethyl adjacent to an activating group) is 1. The Balaban J connectivity index is 1.96. The van der Waals surface area contributed by atoms with E-state index in [1.54, 1.807) is 19.1 Å². The van der Waals surface area contributed by atoms with Crippen LogP contribution in [0.15, 0.2) is 24.3 Å². The van der Waals surface area contributed by atoms with Crippen LogP contribution in [-0.4, -0.2) is 45.8 Å². The zero-order valence-electron chi connectivity index (χ0n) is 15.0. The van der Waals surface area contributed by atoms with E-state index in [1.807, 2.05) is 17.8 Å². The minimum atomic E-state index is -0.403. The van der Waals surface area contributed by atoms with E-state index in [2.05, 4.69) is 10.00 Å². The number of nitro benzene ring substituents is 1. The van der Waals surface area contributed by atoms with Gasteiger partial charge in [-0.15, -0.1) is 0 Å². The molecule has 0 unspecified atom stereocenters. The molecule has 0 bridgehead atoms. The highest BCUT2D eigenvalue weighted by Crippen LogP contribution is 2.31. The number of hydrogen-bond donors (Lipinski definition) is 0. The van der Waals surface area contributed by atoms with Crippen molar-refractivity contribution >= 4 is 11.7 Å². The zero-order valence-corrected chi connectivity index (χ0v) is 15.0. The Morgan fingerprint density at radius 3 is 2.96 bits per heavy atom. The molecule has 0 amide bonds. The van der Waals surface area contributed by atoms with Gasteiger partial charge >= 0.3 is 5.97 Å². The molecule has 1 aliphatic heterocycles. The number of fused-ring (bicyclic) bond motifs is 1. The molecule has 1 aromatic heterocycles. The Hall–Kier alpha value is -2.74. The van der Waals surface area contributed by atoms with Gasteiger partial charge in [-0.2, -0.15) is 5.10 Å². The third-order valence-corrected chi connectivity index (χ3v) is 4.49. The number of hydrogen-bond acceptors (Lipinski definition) is 6. The highest BCUT2D eigenvalue weighted by atomic mass is 16.6. The fourth-order valence-electron chi connectivity index (χ4n) is 3.24. The van der Waals surface area contributed by atoms with Gasteiger partial charge in [-0.25, -0.2) is 0 Å². The number of rotatable bonds is 6. The summed E-state index contributed by atoms with van der Waals surface area (Å²) >= 11 is 0.